The van der Waals surface area contributed by atoms with Gasteiger partial charge in [-0.1, -0.05) is 13.3 Å². The van der Waals surface area contributed by atoms with Crippen LogP contribution in [0, 0.1) is 0 Å². The van der Waals surface area contributed by atoms with Gasteiger partial charge in [-0.15, -0.1) is 0 Å². The van der Waals surface area contributed by atoms with E-state index in [0.29, 0.717) is 97.9 Å². The fourth-order valence-corrected chi connectivity index (χ4v) is 4.92. The van der Waals surface area contributed by atoms with E-state index >= 15 is 0 Å². The number of carboxylic acid groups (broad SMARTS) is 3. The average molecular weight is 673 g/mol. The zero-order valence-corrected chi connectivity index (χ0v) is 28.1. The standard InChI is InChI=1S/C30H56N8O9/c1-3-4-8-31-25(39)6-5-7-26(40)32-9-11-34(2)12-10-33-27(41)21-35-13-15-36(22-28(42)43)17-19-38(24-30(46)47)20-18-37(16-14-35)23-29(44)45/h3-24H2,1-2H3,(H,31,39)(H,32,40)(H,33,41)(H,42,43)(H,44,45)(H,46,47). The number of hydrogen-bond acceptors (Lipinski definition) is 11. The molecule has 0 bridgehead atoms. The lowest BCUT2D eigenvalue weighted by Crippen LogP contribution is -2.50. The first-order valence-corrected chi connectivity index (χ1v) is 16.4. The SMILES string of the molecule is CCCCNC(=O)CCCC(=O)NCCN(C)CCNC(=O)CN1CCN(CC(=O)O)CCN(CC(=O)O)CCN(CC(=O)O)CC1. The molecule has 0 radical (unpaired) electrons. The summed E-state index contributed by atoms with van der Waals surface area (Å²) in [6.07, 6.45) is 3.04. The molecule has 6 N–H and O–H groups in total. The number of aliphatic carboxylic acids is 3. The van der Waals surface area contributed by atoms with Crippen LogP contribution in [-0.4, -0.2) is 194 Å². The van der Waals surface area contributed by atoms with Crippen LogP contribution in [0.25, 0.3) is 0 Å². The van der Waals surface area contributed by atoms with Crippen molar-refractivity contribution in [1.82, 2.24) is 40.4 Å². The van der Waals surface area contributed by atoms with Crippen LogP contribution in [0.3, 0.4) is 0 Å². The first-order valence-electron chi connectivity index (χ1n) is 16.4. The number of hydrogen-bond donors (Lipinski definition) is 6. The summed E-state index contributed by atoms with van der Waals surface area (Å²) in [4.78, 5) is 79.8. The smallest absolute Gasteiger partial charge is 0.317 e. The van der Waals surface area contributed by atoms with Crippen LogP contribution in [0.1, 0.15) is 39.0 Å². The highest BCUT2D eigenvalue weighted by molar-refractivity contribution is 5.79. The first-order chi connectivity index (χ1) is 22.4. The first kappa shape index (κ1) is 41.6. The van der Waals surface area contributed by atoms with Crippen molar-refractivity contribution in [3.8, 4) is 0 Å². The Morgan fingerprint density at radius 2 is 0.872 bits per heavy atom. The third-order valence-electron chi connectivity index (χ3n) is 7.67. The molecule has 0 aromatic heterocycles. The van der Waals surface area contributed by atoms with Crippen LogP contribution in [0.5, 0.6) is 0 Å². The Hall–Kier alpha value is -3.38. The van der Waals surface area contributed by atoms with Gasteiger partial charge in [-0.2, -0.15) is 0 Å². The molecule has 1 saturated heterocycles. The van der Waals surface area contributed by atoms with E-state index in [1.54, 1.807) is 14.7 Å². The minimum atomic E-state index is -1.02. The van der Waals surface area contributed by atoms with Crippen molar-refractivity contribution in [3.63, 3.8) is 0 Å². The molecule has 0 unspecified atom stereocenters. The quantitative estimate of drug-likeness (QED) is 0.0709. The van der Waals surface area contributed by atoms with Crippen LogP contribution >= 0.6 is 0 Å². The van der Waals surface area contributed by atoms with Gasteiger partial charge in [0.15, 0.2) is 0 Å². The largest absolute Gasteiger partial charge is 0.480 e. The molecule has 0 atom stereocenters. The number of amides is 3. The average Bonchev–Trinajstić information content (AvgIpc) is 2.97. The second kappa shape index (κ2) is 24.7. The predicted molar refractivity (Wildman–Crippen MR) is 174 cm³/mol. The molecule has 0 spiro atoms. The summed E-state index contributed by atoms with van der Waals surface area (Å²) in [5, 5.41) is 36.6. The number of likely N-dealkylation sites (N-methyl/N-ethyl adjacent to an activating group) is 1. The number of nitrogens with one attached hydrogen (secondary N) is 3. The van der Waals surface area contributed by atoms with Crippen molar-refractivity contribution in [2.24, 2.45) is 0 Å². The van der Waals surface area contributed by atoms with Crippen LogP contribution < -0.4 is 16.0 Å². The summed E-state index contributed by atoms with van der Waals surface area (Å²) in [7, 11) is 1.88. The molecule has 1 rings (SSSR count). The summed E-state index contributed by atoms with van der Waals surface area (Å²) in [5.74, 6) is -3.41. The molecular formula is C30H56N8O9. The predicted octanol–water partition coefficient (Wildman–Crippen LogP) is -2.29. The van der Waals surface area contributed by atoms with Gasteiger partial charge in [-0.3, -0.25) is 48.4 Å². The minimum Gasteiger partial charge on any atom is -0.480 e. The zero-order valence-electron chi connectivity index (χ0n) is 28.1. The summed E-state index contributed by atoms with van der Waals surface area (Å²) in [6, 6.07) is 0. The van der Waals surface area contributed by atoms with E-state index in [1.807, 2.05) is 16.8 Å². The molecule has 0 saturated carbocycles. The Kier molecular flexibility index (Phi) is 21.9. The van der Waals surface area contributed by atoms with Crippen molar-refractivity contribution < 1.29 is 44.1 Å². The Morgan fingerprint density at radius 3 is 1.23 bits per heavy atom. The van der Waals surface area contributed by atoms with Gasteiger partial charge in [0.2, 0.25) is 17.7 Å². The third-order valence-corrected chi connectivity index (χ3v) is 7.67. The Balaban J connectivity index is 2.53. The van der Waals surface area contributed by atoms with Crippen LogP contribution in [-0.2, 0) is 28.8 Å². The maximum Gasteiger partial charge on any atom is 0.317 e. The van der Waals surface area contributed by atoms with Gasteiger partial charge in [-0.05, 0) is 19.9 Å². The lowest BCUT2D eigenvalue weighted by molar-refractivity contribution is -0.140. The van der Waals surface area contributed by atoms with E-state index in [1.165, 1.54) is 0 Å². The van der Waals surface area contributed by atoms with Gasteiger partial charge in [0.1, 0.15) is 0 Å². The molecule has 1 fully saturated rings. The highest BCUT2D eigenvalue weighted by Crippen LogP contribution is 2.02. The monoisotopic (exact) mass is 672 g/mol. The van der Waals surface area contributed by atoms with E-state index in [2.05, 4.69) is 22.9 Å². The van der Waals surface area contributed by atoms with Gasteiger partial charge < -0.3 is 36.2 Å². The second-order valence-electron chi connectivity index (χ2n) is 11.8. The molecule has 17 heteroatoms. The highest BCUT2D eigenvalue weighted by Gasteiger charge is 2.21. The molecule has 1 aliphatic rings. The Labute approximate surface area is 277 Å². The van der Waals surface area contributed by atoms with E-state index in [-0.39, 0.29) is 50.3 Å². The van der Waals surface area contributed by atoms with Crippen molar-refractivity contribution in [1.29, 1.82) is 0 Å². The number of rotatable bonds is 21. The summed E-state index contributed by atoms with van der Waals surface area (Å²) in [5.41, 5.74) is 0. The summed E-state index contributed by atoms with van der Waals surface area (Å²) < 4.78 is 0. The van der Waals surface area contributed by atoms with E-state index < -0.39 is 17.9 Å². The maximum absolute atomic E-state index is 12.8. The lowest BCUT2D eigenvalue weighted by atomic mass is 10.2. The van der Waals surface area contributed by atoms with E-state index in [0.717, 1.165) is 12.8 Å². The van der Waals surface area contributed by atoms with Crippen LogP contribution in [0.15, 0.2) is 0 Å². The van der Waals surface area contributed by atoms with E-state index in [9.17, 15) is 44.1 Å². The zero-order chi connectivity index (χ0) is 35.0. The second-order valence-corrected chi connectivity index (χ2v) is 11.8. The van der Waals surface area contributed by atoms with Crippen molar-refractivity contribution in [3.05, 3.63) is 0 Å². The Bertz CT molecular complexity index is 955. The molecule has 0 aliphatic carbocycles. The topological polar surface area (TPSA) is 215 Å². The summed E-state index contributed by atoms with van der Waals surface area (Å²) in [6.45, 7) is 6.62. The van der Waals surface area contributed by atoms with Gasteiger partial charge >= 0.3 is 17.9 Å². The molecule has 17 nitrogen and oxygen atoms in total. The normalized spacial score (nSPS) is 16.1. The molecule has 47 heavy (non-hydrogen) atoms. The fourth-order valence-electron chi connectivity index (χ4n) is 4.92. The number of nitrogens with zero attached hydrogens (tertiary/aromatic N) is 5. The minimum absolute atomic E-state index is 0.0393. The van der Waals surface area contributed by atoms with Gasteiger partial charge in [0.25, 0.3) is 0 Å². The lowest BCUT2D eigenvalue weighted by Gasteiger charge is -2.32. The number of carbonyl (C=O) groups is 6. The molecule has 0 aromatic carbocycles. The Morgan fingerprint density at radius 1 is 0.532 bits per heavy atom. The molecular weight excluding hydrogens is 616 g/mol. The summed E-state index contributed by atoms with van der Waals surface area (Å²) >= 11 is 0. The number of unbranched alkanes of at least 4 members (excludes halogenated alkanes) is 1. The van der Waals surface area contributed by atoms with Crippen LogP contribution in [0.4, 0.5) is 0 Å². The van der Waals surface area contributed by atoms with Crippen molar-refractivity contribution in [2.75, 3.05) is 118 Å². The molecule has 1 aliphatic heterocycles. The number of carbonyl (C=O) groups excluding carboxylic acids is 3. The highest BCUT2D eigenvalue weighted by atomic mass is 16.4. The van der Waals surface area contributed by atoms with Gasteiger partial charge in [-0.25, -0.2) is 0 Å². The van der Waals surface area contributed by atoms with Gasteiger partial charge in [0, 0.05) is 97.9 Å². The molecule has 3 amide bonds. The van der Waals surface area contributed by atoms with Crippen LogP contribution in [0.2, 0.25) is 0 Å². The third kappa shape index (κ3) is 22.7. The van der Waals surface area contributed by atoms with Crippen molar-refractivity contribution >= 4 is 35.6 Å². The molecule has 270 valence electrons. The number of carboxylic acids is 3. The van der Waals surface area contributed by atoms with Crippen molar-refractivity contribution in [2.45, 2.75) is 39.0 Å². The van der Waals surface area contributed by atoms with E-state index in [4.69, 9.17) is 0 Å². The maximum atomic E-state index is 12.8. The molecule has 0 aromatic rings. The molecule has 1 heterocycles. The fraction of sp³-hybridized carbons (Fsp3) is 0.800. The van der Waals surface area contributed by atoms with Gasteiger partial charge in [0.05, 0.1) is 26.2 Å².